The third-order valence-corrected chi connectivity index (χ3v) is 7.84. The van der Waals surface area contributed by atoms with Gasteiger partial charge in [-0.1, -0.05) is 35.9 Å². The summed E-state index contributed by atoms with van der Waals surface area (Å²) in [6.07, 6.45) is 4.53. The molecule has 0 aliphatic carbocycles. The molecule has 37 heavy (non-hydrogen) atoms. The molecule has 11 heteroatoms. The van der Waals surface area contributed by atoms with Crippen LogP contribution in [0.15, 0.2) is 84.3 Å². The molecule has 0 fully saturated rings. The zero-order valence-electron chi connectivity index (χ0n) is 20.4. The fourth-order valence-electron chi connectivity index (χ4n) is 3.80. The van der Waals surface area contributed by atoms with Crippen molar-refractivity contribution in [3.63, 3.8) is 0 Å². The molecule has 3 aromatic carbocycles. The molecular weight excluding hydrogens is 516 g/mol. The van der Waals surface area contributed by atoms with Crippen LogP contribution in [-0.2, 0) is 30.8 Å². The molecule has 194 valence electrons. The van der Waals surface area contributed by atoms with Crippen molar-refractivity contribution in [2.75, 3.05) is 27.3 Å². The van der Waals surface area contributed by atoms with E-state index in [0.29, 0.717) is 5.02 Å². The lowest BCUT2D eigenvalue weighted by Gasteiger charge is -2.23. The maximum Gasteiger partial charge on any atom is 0.243 e. The van der Waals surface area contributed by atoms with Gasteiger partial charge in [0.15, 0.2) is 6.29 Å². The highest BCUT2D eigenvalue weighted by Gasteiger charge is 2.27. The van der Waals surface area contributed by atoms with Gasteiger partial charge in [-0.2, -0.15) is 4.31 Å². The van der Waals surface area contributed by atoms with E-state index in [-0.39, 0.29) is 24.5 Å². The Balaban J connectivity index is 1.61. The summed E-state index contributed by atoms with van der Waals surface area (Å²) in [6.45, 7) is -0.308. The van der Waals surface area contributed by atoms with Crippen molar-refractivity contribution in [2.24, 2.45) is 0 Å². The molecule has 1 heterocycles. The van der Waals surface area contributed by atoms with Crippen LogP contribution in [-0.4, -0.2) is 61.8 Å². The van der Waals surface area contributed by atoms with Crippen LogP contribution in [0.3, 0.4) is 0 Å². The molecule has 9 nitrogen and oxygen atoms in total. The molecule has 0 aliphatic rings. The molecule has 0 atom stereocenters. The van der Waals surface area contributed by atoms with E-state index >= 15 is 0 Å². The van der Waals surface area contributed by atoms with Gasteiger partial charge >= 0.3 is 0 Å². The largest absolute Gasteiger partial charge is 0.354 e. The van der Waals surface area contributed by atoms with Crippen LogP contribution in [0.5, 0.6) is 0 Å². The zero-order chi connectivity index (χ0) is 26.4. The average molecular weight is 543 g/mol. The first-order valence-electron chi connectivity index (χ1n) is 11.4. The lowest BCUT2D eigenvalue weighted by atomic mass is 10.1. The molecule has 0 bridgehead atoms. The Hall–Kier alpha value is -3.28. The zero-order valence-corrected chi connectivity index (χ0v) is 21.9. The first-order valence-corrected chi connectivity index (χ1v) is 13.2. The van der Waals surface area contributed by atoms with Crippen molar-refractivity contribution in [2.45, 2.75) is 17.7 Å². The predicted molar refractivity (Wildman–Crippen MR) is 141 cm³/mol. The monoisotopic (exact) mass is 542 g/mol. The van der Waals surface area contributed by atoms with Crippen molar-refractivity contribution < 1.29 is 22.7 Å². The average Bonchev–Trinajstić information content (AvgIpc) is 3.44. The number of amides is 1. The summed E-state index contributed by atoms with van der Waals surface area (Å²) in [5.74, 6) is -0.481. The molecule has 1 N–H and O–H groups in total. The molecule has 0 saturated heterocycles. The van der Waals surface area contributed by atoms with Crippen LogP contribution in [0.2, 0.25) is 5.02 Å². The van der Waals surface area contributed by atoms with Gasteiger partial charge in [-0.25, -0.2) is 13.4 Å². The number of nitrogens with one attached hydrogen (secondary N) is 1. The smallest absolute Gasteiger partial charge is 0.243 e. The van der Waals surface area contributed by atoms with E-state index in [1.807, 2.05) is 35.0 Å². The van der Waals surface area contributed by atoms with Crippen molar-refractivity contribution in [1.82, 2.24) is 19.2 Å². The van der Waals surface area contributed by atoms with E-state index in [1.165, 1.54) is 20.3 Å². The van der Waals surface area contributed by atoms with Crippen LogP contribution < -0.4 is 5.32 Å². The molecule has 0 radical (unpaired) electrons. The maximum atomic E-state index is 13.7. The van der Waals surface area contributed by atoms with E-state index < -0.39 is 22.2 Å². The molecule has 4 aromatic rings. The molecule has 1 aromatic heterocycles. The molecular formula is C26H27ClN4O5S. The van der Waals surface area contributed by atoms with Gasteiger partial charge in [0.25, 0.3) is 0 Å². The van der Waals surface area contributed by atoms with Gasteiger partial charge in [0.05, 0.1) is 24.3 Å². The number of ether oxygens (including phenoxy) is 2. The lowest BCUT2D eigenvalue weighted by Crippen LogP contribution is -2.43. The van der Waals surface area contributed by atoms with E-state index in [0.717, 1.165) is 26.3 Å². The summed E-state index contributed by atoms with van der Waals surface area (Å²) in [4.78, 5) is 16.9. The third kappa shape index (κ3) is 6.54. The molecule has 0 saturated carbocycles. The number of nitrogens with zero attached hydrogens (tertiary/aromatic N) is 3. The van der Waals surface area contributed by atoms with Crippen molar-refractivity contribution in [1.29, 1.82) is 0 Å². The van der Waals surface area contributed by atoms with Crippen LogP contribution in [0.25, 0.3) is 16.5 Å². The Morgan fingerprint density at radius 3 is 2.43 bits per heavy atom. The molecule has 0 spiro atoms. The van der Waals surface area contributed by atoms with Gasteiger partial charge in [-0.15, -0.1) is 0 Å². The van der Waals surface area contributed by atoms with E-state index in [1.54, 1.807) is 42.9 Å². The first kappa shape index (κ1) is 26.8. The van der Waals surface area contributed by atoms with Crippen LogP contribution in [0.4, 0.5) is 0 Å². The molecule has 0 unspecified atom stereocenters. The summed E-state index contributed by atoms with van der Waals surface area (Å²) in [7, 11) is -1.13. The number of benzene rings is 3. The van der Waals surface area contributed by atoms with Crippen molar-refractivity contribution in [3.05, 3.63) is 90.0 Å². The Morgan fingerprint density at radius 1 is 1.05 bits per heavy atom. The third-order valence-electron chi connectivity index (χ3n) is 5.82. The number of fused-ring (bicyclic) bond motifs is 1. The number of sulfonamides is 1. The number of hydrogen-bond donors (Lipinski definition) is 1. The SMILES string of the molecule is COC(CNC(=O)CN(Cc1ccc(-n2ccnc2)cc1)S(=O)(=O)c1ccc2cc(Cl)ccc2c1)OC. The Bertz CT molecular complexity index is 1460. The summed E-state index contributed by atoms with van der Waals surface area (Å²) >= 11 is 6.07. The van der Waals surface area contributed by atoms with Crippen LogP contribution in [0, 0.1) is 0 Å². The second kappa shape index (κ2) is 11.8. The minimum Gasteiger partial charge on any atom is -0.354 e. The Labute approximate surface area is 220 Å². The van der Waals surface area contributed by atoms with Gasteiger partial charge in [0.1, 0.15) is 0 Å². The minimum atomic E-state index is -4.04. The lowest BCUT2D eigenvalue weighted by molar-refractivity contribution is -0.127. The molecule has 0 aliphatic heterocycles. The number of methoxy groups -OCH3 is 2. The summed E-state index contributed by atoms with van der Waals surface area (Å²) in [6, 6.07) is 17.4. The molecule has 1 amide bonds. The maximum absolute atomic E-state index is 13.7. The van der Waals surface area contributed by atoms with Crippen molar-refractivity contribution in [3.8, 4) is 5.69 Å². The second-order valence-corrected chi connectivity index (χ2v) is 10.6. The fourth-order valence-corrected chi connectivity index (χ4v) is 5.40. The Kier molecular flexibility index (Phi) is 8.57. The highest BCUT2D eigenvalue weighted by molar-refractivity contribution is 7.89. The number of carbonyl (C=O) groups excluding carboxylic acids is 1. The summed E-state index contributed by atoms with van der Waals surface area (Å²) in [5.41, 5.74) is 1.60. The standard InChI is InChI=1S/C26H27ClN4O5S/c1-35-26(36-2)15-29-25(32)17-31(16-19-3-8-23(9-4-19)30-12-11-28-18-30)37(33,34)24-10-6-20-13-22(27)7-5-21(20)14-24/h3-14,18,26H,15-17H2,1-2H3,(H,29,32). The van der Waals surface area contributed by atoms with E-state index in [4.69, 9.17) is 21.1 Å². The van der Waals surface area contributed by atoms with E-state index in [9.17, 15) is 13.2 Å². The number of imidazole rings is 1. The highest BCUT2D eigenvalue weighted by Crippen LogP contribution is 2.25. The fraction of sp³-hybridized carbons (Fsp3) is 0.231. The van der Waals surface area contributed by atoms with Gasteiger partial charge in [-0.05, 0) is 52.7 Å². The summed E-state index contributed by atoms with van der Waals surface area (Å²) in [5, 5.41) is 4.77. The second-order valence-electron chi connectivity index (χ2n) is 8.27. The summed E-state index contributed by atoms with van der Waals surface area (Å²) < 4.78 is 40.7. The van der Waals surface area contributed by atoms with Crippen LogP contribution >= 0.6 is 11.6 Å². The van der Waals surface area contributed by atoms with Gasteiger partial charge in [-0.3, -0.25) is 4.79 Å². The van der Waals surface area contributed by atoms with Crippen molar-refractivity contribution >= 4 is 38.3 Å². The number of hydrogen-bond acceptors (Lipinski definition) is 6. The first-order chi connectivity index (χ1) is 17.8. The number of rotatable bonds is 11. The van der Waals surface area contributed by atoms with E-state index in [2.05, 4.69) is 10.3 Å². The van der Waals surface area contributed by atoms with Gasteiger partial charge < -0.3 is 19.4 Å². The van der Waals surface area contributed by atoms with Crippen LogP contribution in [0.1, 0.15) is 5.56 Å². The quantitative estimate of drug-likeness (QED) is 0.290. The number of halogens is 1. The Morgan fingerprint density at radius 2 is 1.76 bits per heavy atom. The minimum absolute atomic E-state index is 0.00337. The van der Waals surface area contributed by atoms with Gasteiger partial charge in [0, 0.05) is 43.9 Å². The topological polar surface area (TPSA) is 103 Å². The molecule has 4 rings (SSSR count). The number of carbonyl (C=O) groups is 1. The van der Waals surface area contributed by atoms with Gasteiger partial charge in [0.2, 0.25) is 15.9 Å². The highest BCUT2D eigenvalue weighted by atomic mass is 35.5. The predicted octanol–water partition coefficient (Wildman–Crippen LogP) is 3.60. The number of aromatic nitrogens is 2. The normalized spacial score (nSPS) is 11.9.